The number of ether oxygens (including phenoxy) is 1. The molecule has 29 heavy (non-hydrogen) atoms. The fraction of sp³-hybridized carbons (Fsp3) is 0.350. The van der Waals surface area contributed by atoms with Crippen molar-refractivity contribution in [2.75, 3.05) is 12.4 Å². The molecule has 0 saturated carbocycles. The van der Waals surface area contributed by atoms with Crippen LogP contribution in [-0.2, 0) is 11.3 Å². The molecule has 0 aliphatic carbocycles. The molecule has 1 atom stereocenters. The van der Waals surface area contributed by atoms with Crippen molar-refractivity contribution in [2.45, 2.75) is 44.6 Å². The minimum Gasteiger partial charge on any atom is -0.495 e. The van der Waals surface area contributed by atoms with Gasteiger partial charge >= 0.3 is 0 Å². The number of fused-ring (bicyclic) bond motifs is 1. The summed E-state index contributed by atoms with van der Waals surface area (Å²) in [6, 6.07) is 5.06. The second kappa shape index (κ2) is 8.77. The summed E-state index contributed by atoms with van der Waals surface area (Å²) in [5, 5.41) is 4.02. The number of halogens is 1. The van der Waals surface area contributed by atoms with Crippen molar-refractivity contribution >= 4 is 56.5 Å². The molecule has 1 unspecified atom stereocenters. The maximum Gasteiger partial charge on any atom is 0.263 e. The lowest BCUT2D eigenvalue weighted by molar-refractivity contribution is -0.115. The van der Waals surface area contributed by atoms with Gasteiger partial charge in [0.05, 0.1) is 22.8 Å². The van der Waals surface area contributed by atoms with Crippen molar-refractivity contribution in [2.24, 2.45) is 0 Å². The lowest BCUT2D eigenvalue weighted by Gasteiger charge is -2.15. The second-order valence-corrected chi connectivity index (χ2v) is 9.42. The van der Waals surface area contributed by atoms with Crippen LogP contribution in [0.3, 0.4) is 0 Å². The van der Waals surface area contributed by atoms with E-state index in [2.05, 4.69) is 10.3 Å². The first kappa shape index (κ1) is 21.7. The molecule has 0 bridgehead atoms. The number of amides is 1. The Balaban J connectivity index is 1.85. The summed E-state index contributed by atoms with van der Waals surface area (Å²) in [6.07, 6.45) is 0. The van der Waals surface area contributed by atoms with Gasteiger partial charge in [0.1, 0.15) is 10.6 Å². The van der Waals surface area contributed by atoms with E-state index in [1.165, 1.54) is 30.2 Å². The maximum absolute atomic E-state index is 12.9. The number of hydrogen-bond acceptors (Lipinski definition) is 6. The van der Waals surface area contributed by atoms with Crippen LogP contribution in [0.25, 0.3) is 10.2 Å². The van der Waals surface area contributed by atoms with Crippen LogP contribution in [0, 0.1) is 13.8 Å². The average molecular weight is 452 g/mol. The Hall–Kier alpha value is -2.03. The molecule has 0 fully saturated rings. The number of methoxy groups -OCH3 is 1. The van der Waals surface area contributed by atoms with Gasteiger partial charge in [0.25, 0.3) is 5.56 Å². The fourth-order valence-electron chi connectivity index (χ4n) is 2.88. The van der Waals surface area contributed by atoms with E-state index in [9.17, 15) is 9.59 Å². The third-order valence-corrected chi connectivity index (χ3v) is 7.13. The molecule has 1 amide bonds. The summed E-state index contributed by atoms with van der Waals surface area (Å²) in [7, 11) is 1.53. The summed E-state index contributed by atoms with van der Waals surface area (Å²) in [6.45, 7) is 8.10. The van der Waals surface area contributed by atoms with Crippen molar-refractivity contribution in [3.63, 3.8) is 0 Å². The average Bonchev–Trinajstić information content (AvgIpc) is 2.96. The predicted octanol–water partition coefficient (Wildman–Crippen LogP) is 4.88. The molecule has 0 radical (unpaired) electrons. The number of carbonyl (C=O) groups excluding carboxylic acids is 1. The van der Waals surface area contributed by atoms with Crippen LogP contribution in [0.4, 0.5) is 5.69 Å². The number of benzene rings is 1. The molecule has 0 saturated heterocycles. The van der Waals surface area contributed by atoms with Crippen molar-refractivity contribution in [1.82, 2.24) is 9.55 Å². The summed E-state index contributed by atoms with van der Waals surface area (Å²) in [5.74, 6) is 0.338. The van der Waals surface area contributed by atoms with E-state index in [0.29, 0.717) is 38.4 Å². The number of nitrogens with zero attached hydrogens (tertiary/aromatic N) is 2. The molecule has 3 rings (SSSR count). The van der Waals surface area contributed by atoms with Gasteiger partial charge in [-0.05, 0) is 51.5 Å². The zero-order valence-electron chi connectivity index (χ0n) is 16.8. The zero-order valence-corrected chi connectivity index (χ0v) is 19.2. The molecule has 3 aromatic rings. The highest BCUT2D eigenvalue weighted by molar-refractivity contribution is 8.00. The van der Waals surface area contributed by atoms with Crippen LogP contribution in [0.5, 0.6) is 5.75 Å². The van der Waals surface area contributed by atoms with E-state index in [-0.39, 0.29) is 11.5 Å². The van der Waals surface area contributed by atoms with Crippen molar-refractivity contribution < 1.29 is 9.53 Å². The molecule has 0 aliphatic heterocycles. The van der Waals surface area contributed by atoms with Crippen LogP contribution in [0.2, 0.25) is 5.02 Å². The van der Waals surface area contributed by atoms with Gasteiger partial charge in [0.2, 0.25) is 5.91 Å². The molecule has 154 valence electrons. The molecule has 9 heteroatoms. The van der Waals surface area contributed by atoms with E-state index in [1.54, 1.807) is 29.7 Å². The molecule has 1 aromatic carbocycles. The van der Waals surface area contributed by atoms with Crippen LogP contribution < -0.4 is 15.6 Å². The number of nitrogens with one attached hydrogen (secondary N) is 1. The number of aryl methyl sites for hydroxylation is 2. The third kappa shape index (κ3) is 4.29. The molecule has 2 heterocycles. The predicted molar refractivity (Wildman–Crippen MR) is 121 cm³/mol. The molecule has 2 aromatic heterocycles. The number of thioether (sulfide) groups is 1. The Kier molecular flexibility index (Phi) is 6.55. The quantitative estimate of drug-likeness (QED) is 0.427. The van der Waals surface area contributed by atoms with Crippen LogP contribution in [0.15, 0.2) is 28.2 Å². The topological polar surface area (TPSA) is 73.2 Å². The van der Waals surface area contributed by atoms with Crippen molar-refractivity contribution in [3.05, 3.63) is 44.0 Å². The first-order valence-corrected chi connectivity index (χ1v) is 11.2. The largest absolute Gasteiger partial charge is 0.495 e. The third-order valence-electron chi connectivity index (χ3n) is 4.64. The SMILES string of the molecule is CCn1c(SC(C)C(=O)Nc2ccc(OC)c(Cl)c2)nc2sc(C)c(C)c2c1=O. The lowest BCUT2D eigenvalue weighted by atomic mass is 10.2. The molecular weight excluding hydrogens is 430 g/mol. The van der Waals surface area contributed by atoms with Gasteiger partial charge in [-0.25, -0.2) is 4.98 Å². The minimum atomic E-state index is -0.458. The Bertz CT molecular complexity index is 1140. The Morgan fingerprint density at radius 2 is 2.14 bits per heavy atom. The highest BCUT2D eigenvalue weighted by Gasteiger charge is 2.21. The second-order valence-electron chi connectivity index (χ2n) is 6.51. The fourth-order valence-corrected chi connectivity index (χ4v) is 5.18. The number of thiophene rings is 1. The van der Waals surface area contributed by atoms with Gasteiger partial charge in [-0.15, -0.1) is 11.3 Å². The lowest BCUT2D eigenvalue weighted by Crippen LogP contribution is -2.26. The van der Waals surface area contributed by atoms with E-state index < -0.39 is 5.25 Å². The van der Waals surface area contributed by atoms with Gasteiger partial charge in [-0.3, -0.25) is 14.2 Å². The normalized spacial score (nSPS) is 12.2. The van der Waals surface area contributed by atoms with E-state index in [4.69, 9.17) is 16.3 Å². The Labute approximate surface area is 182 Å². The van der Waals surface area contributed by atoms with Crippen molar-refractivity contribution in [3.8, 4) is 5.75 Å². The zero-order chi connectivity index (χ0) is 21.3. The summed E-state index contributed by atoms with van der Waals surface area (Å²) >= 11 is 8.89. The Morgan fingerprint density at radius 3 is 2.76 bits per heavy atom. The van der Waals surface area contributed by atoms with Crippen LogP contribution in [0.1, 0.15) is 24.3 Å². The number of hydrogen-bond donors (Lipinski definition) is 1. The van der Waals surface area contributed by atoms with E-state index in [0.717, 1.165) is 10.4 Å². The number of carbonyl (C=O) groups is 1. The van der Waals surface area contributed by atoms with Gasteiger partial charge in [-0.2, -0.15) is 0 Å². The van der Waals surface area contributed by atoms with Crippen LogP contribution in [-0.4, -0.2) is 27.8 Å². The van der Waals surface area contributed by atoms with Crippen molar-refractivity contribution in [1.29, 1.82) is 0 Å². The van der Waals surface area contributed by atoms with Gasteiger partial charge in [-0.1, -0.05) is 23.4 Å². The maximum atomic E-state index is 12.9. The van der Waals surface area contributed by atoms with Crippen LogP contribution >= 0.6 is 34.7 Å². The first-order valence-electron chi connectivity index (χ1n) is 9.08. The standard InChI is InChI=1S/C20H22ClN3O3S2/c1-6-24-19(26)16-10(2)11(3)28-18(16)23-20(24)29-12(4)17(25)22-13-7-8-15(27-5)14(21)9-13/h7-9,12H,6H2,1-5H3,(H,22,25). The Morgan fingerprint density at radius 1 is 1.41 bits per heavy atom. The monoisotopic (exact) mass is 451 g/mol. The molecule has 0 spiro atoms. The first-order chi connectivity index (χ1) is 13.8. The summed E-state index contributed by atoms with van der Waals surface area (Å²) in [5.41, 5.74) is 1.49. The van der Waals surface area contributed by atoms with Gasteiger partial charge in [0.15, 0.2) is 5.16 Å². The van der Waals surface area contributed by atoms with E-state index >= 15 is 0 Å². The molecular formula is C20H22ClN3O3S2. The summed E-state index contributed by atoms with van der Waals surface area (Å²) < 4.78 is 6.75. The number of rotatable bonds is 6. The number of aromatic nitrogens is 2. The summed E-state index contributed by atoms with van der Waals surface area (Å²) in [4.78, 5) is 32.1. The smallest absolute Gasteiger partial charge is 0.263 e. The molecule has 0 aliphatic rings. The number of anilines is 1. The van der Waals surface area contributed by atoms with E-state index in [1.807, 2.05) is 20.8 Å². The highest BCUT2D eigenvalue weighted by Crippen LogP contribution is 2.31. The van der Waals surface area contributed by atoms with Gasteiger partial charge in [0, 0.05) is 17.1 Å². The van der Waals surface area contributed by atoms with Gasteiger partial charge < -0.3 is 10.1 Å². The highest BCUT2D eigenvalue weighted by atomic mass is 35.5. The molecule has 6 nitrogen and oxygen atoms in total. The molecule has 1 N–H and O–H groups in total. The minimum absolute atomic E-state index is 0.0589.